The number of piperidine rings is 1. The van der Waals surface area contributed by atoms with Crippen LogP contribution in [0.3, 0.4) is 0 Å². The maximum absolute atomic E-state index is 12.7. The normalized spacial score (nSPS) is 19.9. The van der Waals surface area contributed by atoms with E-state index >= 15 is 0 Å². The highest BCUT2D eigenvalue weighted by atomic mass is 16.6. The minimum atomic E-state index is -0.251. The number of carbonyl (C=O) groups is 1. The van der Waals surface area contributed by atoms with Crippen molar-refractivity contribution in [2.24, 2.45) is 5.41 Å². The first-order chi connectivity index (χ1) is 10.2. The number of anilines is 1. The number of hydrogen-bond acceptors (Lipinski definition) is 4. The van der Waals surface area contributed by atoms with Crippen LogP contribution in [0.2, 0.25) is 0 Å². The molecular formula is C16H22N2O3. The molecule has 5 heteroatoms. The van der Waals surface area contributed by atoms with Gasteiger partial charge in [-0.2, -0.15) is 0 Å². The van der Waals surface area contributed by atoms with Crippen LogP contribution in [-0.4, -0.2) is 32.2 Å². The molecule has 114 valence electrons. The summed E-state index contributed by atoms with van der Waals surface area (Å²) in [6, 6.07) is 5.57. The molecule has 0 spiro atoms. The molecule has 5 nitrogen and oxygen atoms in total. The van der Waals surface area contributed by atoms with Crippen molar-refractivity contribution in [3.63, 3.8) is 0 Å². The van der Waals surface area contributed by atoms with Gasteiger partial charge in [0.15, 0.2) is 11.5 Å². The summed E-state index contributed by atoms with van der Waals surface area (Å²) in [5, 5.41) is 6.37. The van der Waals surface area contributed by atoms with Gasteiger partial charge in [-0.3, -0.25) is 4.79 Å². The molecule has 1 aromatic rings. The van der Waals surface area contributed by atoms with Crippen LogP contribution in [0.25, 0.3) is 0 Å². The molecule has 2 heterocycles. The van der Waals surface area contributed by atoms with Crippen molar-refractivity contribution in [1.82, 2.24) is 5.32 Å². The molecule has 1 fully saturated rings. The van der Waals surface area contributed by atoms with Crippen molar-refractivity contribution in [2.45, 2.75) is 26.2 Å². The number of fused-ring (bicyclic) bond motifs is 1. The van der Waals surface area contributed by atoms with Gasteiger partial charge in [0, 0.05) is 11.8 Å². The Balaban J connectivity index is 1.74. The Morgan fingerprint density at radius 3 is 2.67 bits per heavy atom. The van der Waals surface area contributed by atoms with Crippen molar-refractivity contribution >= 4 is 11.6 Å². The molecule has 1 amide bonds. The van der Waals surface area contributed by atoms with E-state index in [4.69, 9.17) is 9.47 Å². The first-order valence-corrected chi connectivity index (χ1v) is 7.65. The molecule has 0 bridgehead atoms. The number of amides is 1. The van der Waals surface area contributed by atoms with Gasteiger partial charge in [-0.15, -0.1) is 0 Å². The van der Waals surface area contributed by atoms with E-state index in [1.54, 1.807) is 0 Å². The van der Waals surface area contributed by atoms with Crippen LogP contribution in [0.15, 0.2) is 18.2 Å². The second kappa shape index (κ2) is 5.93. The van der Waals surface area contributed by atoms with Crippen molar-refractivity contribution < 1.29 is 14.3 Å². The number of benzene rings is 1. The first kappa shape index (κ1) is 14.2. The average molecular weight is 290 g/mol. The number of rotatable bonds is 3. The Morgan fingerprint density at radius 1 is 1.24 bits per heavy atom. The smallest absolute Gasteiger partial charge is 0.230 e. The van der Waals surface area contributed by atoms with Gasteiger partial charge in [0.25, 0.3) is 0 Å². The van der Waals surface area contributed by atoms with Gasteiger partial charge in [-0.1, -0.05) is 6.92 Å². The van der Waals surface area contributed by atoms with E-state index in [-0.39, 0.29) is 11.3 Å². The molecule has 2 aliphatic rings. The Bertz CT molecular complexity index is 524. The van der Waals surface area contributed by atoms with Crippen LogP contribution in [0.1, 0.15) is 26.2 Å². The summed E-state index contributed by atoms with van der Waals surface area (Å²) in [4.78, 5) is 12.7. The molecule has 0 radical (unpaired) electrons. The molecular weight excluding hydrogens is 268 g/mol. The van der Waals surface area contributed by atoms with Crippen molar-refractivity contribution in [2.75, 3.05) is 31.6 Å². The minimum Gasteiger partial charge on any atom is -0.486 e. The lowest BCUT2D eigenvalue weighted by molar-refractivity contribution is -0.127. The van der Waals surface area contributed by atoms with Crippen LogP contribution in [0.4, 0.5) is 5.69 Å². The van der Waals surface area contributed by atoms with Gasteiger partial charge in [-0.05, 0) is 44.5 Å². The quantitative estimate of drug-likeness (QED) is 0.896. The Kier molecular flexibility index (Phi) is 4.01. The summed E-state index contributed by atoms with van der Waals surface area (Å²) in [7, 11) is 0. The van der Waals surface area contributed by atoms with E-state index < -0.39 is 0 Å². The number of hydrogen-bond donors (Lipinski definition) is 2. The largest absolute Gasteiger partial charge is 0.486 e. The molecule has 1 saturated heterocycles. The number of nitrogens with one attached hydrogen (secondary N) is 2. The van der Waals surface area contributed by atoms with E-state index in [9.17, 15) is 4.79 Å². The maximum atomic E-state index is 12.7. The highest BCUT2D eigenvalue weighted by molar-refractivity contribution is 5.95. The number of ether oxygens (including phenoxy) is 2. The zero-order valence-corrected chi connectivity index (χ0v) is 12.4. The topological polar surface area (TPSA) is 59.6 Å². The Morgan fingerprint density at radius 2 is 1.95 bits per heavy atom. The minimum absolute atomic E-state index is 0.114. The van der Waals surface area contributed by atoms with Crippen LogP contribution in [0, 0.1) is 5.41 Å². The van der Waals surface area contributed by atoms with E-state index in [0.29, 0.717) is 19.0 Å². The summed E-state index contributed by atoms with van der Waals surface area (Å²) in [6.07, 6.45) is 2.64. The van der Waals surface area contributed by atoms with Gasteiger partial charge in [-0.25, -0.2) is 0 Å². The van der Waals surface area contributed by atoms with Crippen LogP contribution in [0.5, 0.6) is 11.5 Å². The highest BCUT2D eigenvalue weighted by Crippen LogP contribution is 2.36. The molecule has 1 aromatic carbocycles. The molecule has 0 atom stereocenters. The SMILES string of the molecule is CCC1(C(=O)Nc2ccc3c(c2)OCCO3)CCNCC1. The zero-order chi connectivity index (χ0) is 14.7. The van der Waals surface area contributed by atoms with Gasteiger partial charge >= 0.3 is 0 Å². The lowest BCUT2D eigenvalue weighted by atomic mass is 9.76. The van der Waals surface area contributed by atoms with E-state index in [0.717, 1.165) is 43.8 Å². The third-order valence-corrected chi connectivity index (χ3v) is 4.52. The fraction of sp³-hybridized carbons (Fsp3) is 0.562. The molecule has 0 aromatic heterocycles. The summed E-state index contributed by atoms with van der Waals surface area (Å²) < 4.78 is 11.1. The number of carbonyl (C=O) groups excluding carboxylic acids is 1. The van der Waals surface area contributed by atoms with Crippen LogP contribution < -0.4 is 20.1 Å². The van der Waals surface area contributed by atoms with Gasteiger partial charge < -0.3 is 20.1 Å². The van der Waals surface area contributed by atoms with Gasteiger partial charge in [0.05, 0.1) is 5.41 Å². The second-order valence-electron chi connectivity index (χ2n) is 5.70. The van der Waals surface area contributed by atoms with E-state index in [1.165, 1.54) is 0 Å². The first-order valence-electron chi connectivity index (χ1n) is 7.65. The van der Waals surface area contributed by atoms with Gasteiger partial charge in [0.1, 0.15) is 13.2 Å². The Hall–Kier alpha value is -1.75. The van der Waals surface area contributed by atoms with Crippen molar-refractivity contribution in [3.05, 3.63) is 18.2 Å². The maximum Gasteiger partial charge on any atom is 0.230 e. The average Bonchev–Trinajstić information content (AvgIpc) is 2.55. The Labute approximate surface area is 125 Å². The summed E-state index contributed by atoms with van der Waals surface area (Å²) >= 11 is 0. The summed E-state index contributed by atoms with van der Waals surface area (Å²) in [6.45, 7) is 5.03. The molecule has 0 saturated carbocycles. The third-order valence-electron chi connectivity index (χ3n) is 4.52. The predicted molar refractivity (Wildman–Crippen MR) is 80.9 cm³/mol. The monoisotopic (exact) mass is 290 g/mol. The van der Waals surface area contributed by atoms with Crippen molar-refractivity contribution in [1.29, 1.82) is 0 Å². The lowest BCUT2D eigenvalue weighted by Crippen LogP contribution is -2.44. The lowest BCUT2D eigenvalue weighted by Gasteiger charge is -2.35. The van der Waals surface area contributed by atoms with E-state index in [1.807, 2.05) is 18.2 Å². The van der Waals surface area contributed by atoms with E-state index in [2.05, 4.69) is 17.6 Å². The fourth-order valence-electron chi connectivity index (χ4n) is 3.03. The summed E-state index contributed by atoms with van der Waals surface area (Å²) in [5.41, 5.74) is 0.522. The standard InChI is InChI=1S/C16H22N2O3/c1-2-16(5-7-17-8-6-16)15(19)18-12-3-4-13-14(11-12)21-10-9-20-13/h3-4,11,17H,2,5-10H2,1H3,(H,18,19). The highest BCUT2D eigenvalue weighted by Gasteiger charge is 2.37. The molecule has 2 N–H and O–H groups in total. The molecule has 2 aliphatic heterocycles. The second-order valence-corrected chi connectivity index (χ2v) is 5.70. The third kappa shape index (κ3) is 2.83. The summed E-state index contributed by atoms with van der Waals surface area (Å²) in [5.74, 6) is 1.56. The molecule has 3 rings (SSSR count). The molecule has 21 heavy (non-hydrogen) atoms. The van der Waals surface area contributed by atoms with Crippen LogP contribution >= 0.6 is 0 Å². The predicted octanol–water partition coefficient (Wildman–Crippen LogP) is 2.18. The van der Waals surface area contributed by atoms with Crippen LogP contribution in [-0.2, 0) is 4.79 Å². The fourth-order valence-corrected chi connectivity index (χ4v) is 3.03. The van der Waals surface area contributed by atoms with Gasteiger partial charge in [0.2, 0.25) is 5.91 Å². The molecule has 0 aliphatic carbocycles. The molecule has 0 unspecified atom stereocenters. The van der Waals surface area contributed by atoms with Crippen molar-refractivity contribution in [3.8, 4) is 11.5 Å². The zero-order valence-electron chi connectivity index (χ0n) is 12.4.